The van der Waals surface area contributed by atoms with Gasteiger partial charge in [-0.15, -0.1) is 0 Å². The van der Waals surface area contributed by atoms with Gasteiger partial charge in [0.25, 0.3) is 5.91 Å². The molecule has 0 fully saturated rings. The van der Waals surface area contributed by atoms with Crippen LogP contribution in [0.15, 0.2) is 46.9 Å². The molecule has 2 aromatic carbocycles. The normalized spacial score (nSPS) is 10.2. The largest absolute Gasteiger partial charge is 0.492 e. The van der Waals surface area contributed by atoms with Gasteiger partial charge >= 0.3 is 0 Å². The van der Waals surface area contributed by atoms with Crippen LogP contribution >= 0.6 is 28.1 Å². The Kier molecular flexibility index (Phi) is 8.54. The van der Waals surface area contributed by atoms with E-state index in [4.69, 9.17) is 21.7 Å². The standard InChI is InChI=1S/C20H23BrN2O3S/c1-3-5-12-26-17-11-10-14(13-15(17)21)19(24)23-20(27)22-16-8-6-7-9-18(16)25-4-2/h6-11,13H,3-5,12H2,1-2H3,(H2,22,23,24,27). The number of hydrogen-bond donors (Lipinski definition) is 2. The number of benzene rings is 2. The molecule has 0 radical (unpaired) electrons. The van der Waals surface area contributed by atoms with Gasteiger partial charge in [0.05, 0.1) is 23.4 Å². The molecule has 27 heavy (non-hydrogen) atoms. The van der Waals surface area contributed by atoms with E-state index in [0.29, 0.717) is 36.0 Å². The number of unbranched alkanes of at least 4 members (excludes halogenated alkanes) is 1. The number of halogens is 1. The smallest absolute Gasteiger partial charge is 0.257 e. The fourth-order valence-corrected chi connectivity index (χ4v) is 2.96. The summed E-state index contributed by atoms with van der Waals surface area (Å²) in [7, 11) is 0. The molecule has 0 saturated carbocycles. The molecule has 0 bridgehead atoms. The van der Waals surface area contributed by atoms with Crippen molar-refractivity contribution >= 4 is 44.9 Å². The maximum Gasteiger partial charge on any atom is 0.257 e. The molecular formula is C20H23BrN2O3S. The van der Waals surface area contributed by atoms with E-state index in [9.17, 15) is 4.79 Å². The van der Waals surface area contributed by atoms with E-state index < -0.39 is 0 Å². The third-order valence-electron chi connectivity index (χ3n) is 3.61. The van der Waals surface area contributed by atoms with Crippen molar-refractivity contribution in [1.82, 2.24) is 5.32 Å². The Morgan fingerprint density at radius 2 is 1.89 bits per heavy atom. The Balaban J connectivity index is 1.98. The molecule has 2 aromatic rings. The van der Waals surface area contributed by atoms with E-state index in [1.165, 1.54) is 0 Å². The van der Waals surface area contributed by atoms with Gasteiger partial charge in [-0.05, 0) is 71.8 Å². The molecule has 2 N–H and O–H groups in total. The highest BCUT2D eigenvalue weighted by Gasteiger charge is 2.12. The summed E-state index contributed by atoms with van der Waals surface area (Å²) < 4.78 is 11.9. The Labute approximate surface area is 173 Å². The molecule has 2 rings (SSSR count). The van der Waals surface area contributed by atoms with Gasteiger partial charge in [-0.25, -0.2) is 0 Å². The summed E-state index contributed by atoms with van der Waals surface area (Å²) in [5.41, 5.74) is 1.18. The van der Waals surface area contributed by atoms with Gasteiger partial charge in [0.2, 0.25) is 0 Å². The number of nitrogens with one attached hydrogen (secondary N) is 2. The fraction of sp³-hybridized carbons (Fsp3) is 0.300. The topological polar surface area (TPSA) is 59.6 Å². The number of amides is 1. The van der Waals surface area contributed by atoms with Crippen LogP contribution in [0.25, 0.3) is 0 Å². The molecule has 0 atom stereocenters. The summed E-state index contributed by atoms with van der Waals surface area (Å²) in [5, 5.41) is 5.87. The van der Waals surface area contributed by atoms with Crippen molar-refractivity contribution in [3.8, 4) is 11.5 Å². The van der Waals surface area contributed by atoms with Crippen molar-refractivity contribution < 1.29 is 14.3 Å². The van der Waals surface area contributed by atoms with E-state index in [-0.39, 0.29) is 11.0 Å². The predicted molar refractivity (Wildman–Crippen MR) is 116 cm³/mol. The molecular weight excluding hydrogens is 428 g/mol. The highest BCUT2D eigenvalue weighted by molar-refractivity contribution is 9.10. The number of rotatable bonds is 8. The molecule has 0 aliphatic carbocycles. The maximum absolute atomic E-state index is 12.4. The molecule has 0 aromatic heterocycles. The predicted octanol–water partition coefficient (Wildman–Crippen LogP) is 5.15. The van der Waals surface area contributed by atoms with Gasteiger partial charge in [-0.1, -0.05) is 25.5 Å². The first kappa shape index (κ1) is 21.2. The molecule has 0 aliphatic heterocycles. The van der Waals surface area contributed by atoms with Crippen molar-refractivity contribution in [3.05, 3.63) is 52.5 Å². The number of para-hydroxylation sites is 2. The van der Waals surface area contributed by atoms with Crippen LogP contribution in [-0.2, 0) is 0 Å². The molecule has 0 aliphatic rings. The minimum absolute atomic E-state index is 0.201. The van der Waals surface area contributed by atoms with Crippen LogP contribution < -0.4 is 20.1 Å². The summed E-state index contributed by atoms with van der Waals surface area (Å²) in [5.74, 6) is 1.08. The maximum atomic E-state index is 12.4. The molecule has 5 nitrogen and oxygen atoms in total. The molecule has 1 amide bonds. The highest BCUT2D eigenvalue weighted by Crippen LogP contribution is 2.26. The number of ether oxygens (including phenoxy) is 2. The lowest BCUT2D eigenvalue weighted by Crippen LogP contribution is -2.34. The van der Waals surface area contributed by atoms with Crippen LogP contribution in [0.1, 0.15) is 37.0 Å². The summed E-state index contributed by atoms with van der Waals surface area (Å²) >= 11 is 8.69. The average molecular weight is 451 g/mol. The molecule has 144 valence electrons. The zero-order valence-corrected chi connectivity index (χ0v) is 17.8. The number of carbonyl (C=O) groups excluding carboxylic acids is 1. The Morgan fingerprint density at radius 1 is 1.11 bits per heavy atom. The third-order valence-corrected chi connectivity index (χ3v) is 4.44. The number of carbonyl (C=O) groups is 1. The Bertz CT molecular complexity index is 799. The first-order chi connectivity index (χ1) is 13.0. The summed E-state index contributed by atoms with van der Waals surface area (Å²) in [4.78, 5) is 12.4. The van der Waals surface area contributed by atoms with Gasteiger partial charge in [0.1, 0.15) is 11.5 Å². The zero-order valence-electron chi connectivity index (χ0n) is 15.4. The van der Waals surface area contributed by atoms with Crippen LogP contribution in [0, 0.1) is 0 Å². The fourth-order valence-electron chi connectivity index (χ4n) is 2.27. The molecule has 0 unspecified atom stereocenters. The number of anilines is 1. The minimum atomic E-state index is -0.304. The Hall–Kier alpha value is -2.12. The van der Waals surface area contributed by atoms with Gasteiger partial charge in [-0.2, -0.15) is 0 Å². The number of thiocarbonyl (C=S) groups is 1. The SMILES string of the molecule is CCCCOc1ccc(C(=O)NC(=S)Nc2ccccc2OCC)cc1Br. The van der Waals surface area contributed by atoms with E-state index in [2.05, 4.69) is 33.5 Å². The average Bonchev–Trinajstić information content (AvgIpc) is 2.65. The van der Waals surface area contributed by atoms with E-state index >= 15 is 0 Å². The highest BCUT2D eigenvalue weighted by atomic mass is 79.9. The van der Waals surface area contributed by atoms with Crippen LogP contribution in [0.2, 0.25) is 0 Å². The monoisotopic (exact) mass is 450 g/mol. The second kappa shape index (κ2) is 10.9. The number of hydrogen-bond acceptors (Lipinski definition) is 4. The Morgan fingerprint density at radius 3 is 2.59 bits per heavy atom. The van der Waals surface area contributed by atoms with Crippen molar-refractivity contribution in [3.63, 3.8) is 0 Å². The third kappa shape index (κ3) is 6.52. The van der Waals surface area contributed by atoms with Gasteiger partial charge < -0.3 is 14.8 Å². The summed E-state index contributed by atoms with van der Waals surface area (Å²) in [6, 6.07) is 12.6. The lowest BCUT2D eigenvalue weighted by atomic mass is 10.2. The van der Waals surface area contributed by atoms with Gasteiger partial charge in [0, 0.05) is 5.56 Å². The van der Waals surface area contributed by atoms with Crippen molar-refractivity contribution in [2.75, 3.05) is 18.5 Å². The molecule has 7 heteroatoms. The first-order valence-electron chi connectivity index (χ1n) is 8.81. The molecule has 0 heterocycles. The first-order valence-corrected chi connectivity index (χ1v) is 10.0. The van der Waals surface area contributed by atoms with Crippen LogP contribution in [0.5, 0.6) is 11.5 Å². The van der Waals surface area contributed by atoms with Crippen molar-refractivity contribution in [2.24, 2.45) is 0 Å². The minimum Gasteiger partial charge on any atom is -0.492 e. The summed E-state index contributed by atoms with van der Waals surface area (Å²) in [6.07, 6.45) is 2.05. The van der Waals surface area contributed by atoms with Crippen molar-refractivity contribution in [2.45, 2.75) is 26.7 Å². The van der Waals surface area contributed by atoms with Gasteiger partial charge in [-0.3, -0.25) is 10.1 Å². The van der Waals surface area contributed by atoms with E-state index in [0.717, 1.165) is 17.3 Å². The zero-order chi connectivity index (χ0) is 19.6. The van der Waals surface area contributed by atoms with E-state index in [1.54, 1.807) is 18.2 Å². The van der Waals surface area contributed by atoms with Crippen molar-refractivity contribution in [1.29, 1.82) is 0 Å². The second-order valence-corrected chi connectivity index (χ2v) is 6.95. The second-order valence-electron chi connectivity index (χ2n) is 5.68. The van der Waals surface area contributed by atoms with Crippen LogP contribution in [0.4, 0.5) is 5.69 Å². The molecule has 0 saturated heterocycles. The summed E-state index contributed by atoms with van der Waals surface area (Å²) in [6.45, 7) is 5.20. The molecule has 0 spiro atoms. The van der Waals surface area contributed by atoms with Crippen LogP contribution in [-0.4, -0.2) is 24.2 Å². The van der Waals surface area contributed by atoms with Gasteiger partial charge in [0.15, 0.2) is 5.11 Å². The quantitative estimate of drug-likeness (QED) is 0.429. The lowest BCUT2D eigenvalue weighted by Gasteiger charge is -2.14. The lowest BCUT2D eigenvalue weighted by molar-refractivity contribution is 0.0977. The van der Waals surface area contributed by atoms with Crippen LogP contribution in [0.3, 0.4) is 0 Å². The van der Waals surface area contributed by atoms with E-state index in [1.807, 2.05) is 31.2 Å².